The van der Waals surface area contributed by atoms with Crippen molar-refractivity contribution in [2.24, 2.45) is 0 Å². The summed E-state index contributed by atoms with van der Waals surface area (Å²) in [5, 5.41) is 23.1. The van der Waals surface area contributed by atoms with Crippen molar-refractivity contribution in [2.75, 3.05) is 6.61 Å². The molecule has 62 heavy (non-hydrogen) atoms. The first-order valence-corrected chi connectivity index (χ1v) is 26.5. The van der Waals surface area contributed by atoms with Gasteiger partial charge < -0.3 is 15.5 Å². The summed E-state index contributed by atoms with van der Waals surface area (Å²) in [5.41, 5.74) is 0. The lowest BCUT2D eigenvalue weighted by molar-refractivity contribution is -0.123. The van der Waals surface area contributed by atoms with Gasteiger partial charge >= 0.3 is 0 Å². The fraction of sp³-hybridized carbons (Fsp3) is 0.707. The Kier molecular flexibility index (Phi) is 50.4. The highest BCUT2D eigenvalue weighted by Gasteiger charge is 2.17. The third-order valence-corrected chi connectivity index (χ3v) is 11.5. The van der Waals surface area contributed by atoms with Gasteiger partial charge in [0.1, 0.15) is 0 Å². The predicted octanol–water partition coefficient (Wildman–Crippen LogP) is 17.4. The molecule has 0 aliphatic heterocycles. The van der Waals surface area contributed by atoms with E-state index in [-0.39, 0.29) is 12.5 Å². The van der Waals surface area contributed by atoms with Crippen LogP contribution in [0, 0.1) is 0 Å². The molecule has 3 N–H and O–H groups in total. The minimum Gasteiger partial charge on any atom is -0.394 e. The van der Waals surface area contributed by atoms with Gasteiger partial charge in [-0.1, -0.05) is 246 Å². The van der Waals surface area contributed by atoms with Gasteiger partial charge in [0.05, 0.1) is 18.8 Å². The molecular weight excluding hydrogens is 759 g/mol. The molecule has 2 unspecified atom stereocenters. The Balaban J connectivity index is 3.62. The van der Waals surface area contributed by atoms with Crippen LogP contribution in [-0.2, 0) is 4.79 Å². The van der Waals surface area contributed by atoms with E-state index in [2.05, 4.69) is 104 Å². The van der Waals surface area contributed by atoms with Crippen molar-refractivity contribution in [3.05, 3.63) is 97.2 Å². The van der Waals surface area contributed by atoms with Gasteiger partial charge in [-0.2, -0.15) is 0 Å². The zero-order valence-electron chi connectivity index (χ0n) is 40.9. The quantitative estimate of drug-likeness (QED) is 0.0422. The average Bonchev–Trinajstić information content (AvgIpc) is 3.28. The van der Waals surface area contributed by atoms with Crippen LogP contribution in [0.4, 0.5) is 0 Å². The summed E-state index contributed by atoms with van der Waals surface area (Å²) in [6.45, 7) is 4.18. The van der Waals surface area contributed by atoms with Crippen LogP contribution in [-0.4, -0.2) is 34.9 Å². The van der Waals surface area contributed by atoms with Gasteiger partial charge in [-0.25, -0.2) is 0 Å². The summed E-state index contributed by atoms with van der Waals surface area (Å²) < 4.78 is 0. The molecule has 0 spiro atoms. The Bertz CT molecular complexity index is 1160. The number of aliphatic hydroxyl groups is 2. The third kappa shape index (κ3) is 48.3. The predicted molar refractivity (Wildman–Crippen MR) is 276 cm³/mol. The molecule has 0 aliphatic rings. The molecule has 4 heteroatoms. The zero-order chi connectivity index (χ0) is 44.9. The van der Waals surface area contributed by atoms with Crippen LogP contribution < -0.4 is 5.32 Å². The largest absolute Gasteiger partial charge is 0.394 e. The van der Waals surface area contributed by atoms with Gasteiger partial charge in [0.2, 0.25) is 5.91 Å². The molecule has 0 aromatic heterocycles. The topological polar surface area (TPSA) is 69.6 Å². The molecule has 0 radical (unpaired) electrons. The molecule has 0 heterocycles. The molecule has 0 aliphatic carbocycles. The Hall–Kier alpha value is -2.69. The van der Waals surface area contributed by atoms with E-state index in [1.807, 2.05) is 6.08 Å². The maximum Gasteiger partial charge on any atom is 0.220 e. The van der Waals surface area contributed by atoms with Crippen LogP contribution in [0.3, 0.4) is 0 Å². The first kappa shape index (κ1) is 59.3. The van der Waals surface area contributed by atoms with Gasteiger partial charge in [0, 0.05) is 6.42 Å². The summed E-state index contributed by atoms with van der Waals surface area (Å²) in [7, 11) is 0. The van der Waals surface area contributed by atoms with Crippen molar-refractivity contribution < 1.29 is 15.0 Å². The molecule has 2 atom stereocenters. The highest BCUT2D eigenvalue weighted by molar-refractivity contribution is 5.76. The van der Waals surface area contributed by atoms with E-state index < -0.39 is 12.1 Å². The normalized spacial score (nSPS) is 13.7. The van der Waals surface area contributed by atoms with Crippen molar-refractivity contribution in [3.63, 3.8) is 0 Å². The van der Waals surface area contributed by atoms with Gasteiger partial charge in [0.15, 0.2) is 0 Å². The second-order valence-corrected chi connectivity index (χ2v) is 17.5. The monoisotopic (exact) mass is 860 g/mol. The minimum absolute atomic E-state index is 0.0841. The maximum atomic E-state index is 12.5. The second-order valence-electron chi connectivity index (χ2n) is 17.5. The molecule has 0 rings (SSSR count). The van der Waals surface area contributed by atoms with Crippen LogP contribution in [0.15, 0.2) is 97.2 Å². The summed E-state index contributed by atoms with van der Waals surface area (Å²) in [6.07, 6.45) is 78.3. The molecule has 1 amide bonds. The molecule has 0 saturated heterocycles. The zero-order valence-corrected chi connectivity index (χ0v) is 40.9. The fourth-order valence-corrected chi connectivity index (χ4v) is 7.53. The van der Waals surface area contributed by atoms with E-state index in [0.29, 0.717) is 6.42 Å². The lowest BCUT2D eigenvalue weighted by atomic mass is 10.0. The average molecular weight is 860 g/mol. The van der Waals surface area contributed by atoms with E-state index >= 15 is 0 Å². The number of rotatable bonds is 47. The highest BCUT2D eigenvalue weighted by atomic mass is 16.3. The van der Waals surface area contributed by atoms with Gasteiger partial charge in [0.25, 0.3) is 0 Å². The molecule has 0 aromatic carbocycles. The molecule has 0 bridgehead atoms. The van der Waals surface area contributed by atoms with Crippen LogP contribution in [0.2, 0.25) is 0 Å². The second kappa shape index (κ2) is 52.7. The molecule has 0 aromatic rings. The summed E-state index contributed by atoms with van der Waals surface area (Å²) in [4.78, 5) is 12.5. The van der Waals surface area contributed by atoms with E-state index in [1.54, 1.807) is 6.08 Å². The number of hydrogen-bond acceptors (Lipinski definition) is 3. The fourth-order valence-electron chi connectivity index (χ4n) is 7.53. The number of nitrogens with one attached hydrogen (secondary N) is 1. The highest BCUT2D eigenvalue weighted by Crippen LogP contribution is 2.15. The molecule has 356 valence electrons. The number of carbonyl (C=O) groups excluding carboxylic acids is 1. The lowest BCUT2D eigenvalue weighted by Gasteiger charge is -2.19. The number of allylic oxidation sites excluding steroid dienone is 15. The van der Waals surface area contributed by atoms with Gasteiger partial charge in [-0.3, -0.25) is 4.79 Å². The molecule has 0 fully saturated rings. The SMILES string of the molecule is CC/C=C\C/C=C\C/C=C\C/C=C\C/C=C\CCCCCCCCCCCCCC(=O)NC(CO)C(O)/C=C/CC/C=C/CC/C=C/CCCCCCCCCCCCCCC. The van der Waals surface area contributed by atoms with Crippen molar-refractivity contribution >= 4 is 5.91 Å². The van der Waals surface area contributed by atoms with E-state index in [1.165, 1.54) is 154 Å². The van der Waals surface area contributed by atoms with E-state index in [4.69, 9.17) is 0 Å². The first-order chi connectivity index (χ1) is 30.7. The third-order valence-electron chi connectivity index (χ3n) is 11.5. The van der Waals surface area contributed by atoms with E-state index in [9.17, 15) is 15.0 Å². The van der Waals surface area contributed by atoms with Crippen molar-refractivity contribution in [1.82, 2.24) is 5.32 Å². The van der Waals surface area contributed by atoms with Crippen LogP contribution in [0.25, 0.3) is 0 Å². The van der Waals surface area contributed by atoms with Crippen molar-refractivity contribution in [3.8, 4) is 0 Å². The Morgan fingerprint density at radius 3 is 1.13 bits per heavy atom. The molecular formula is C58H101NO3. The standard InChI is InChI=1S/C58H101NO3/c1-3-5-7-9-11-13-15-17-19-21-23-25-27-28-29-30-32-34-36-38-40-42-44-46-48-50-52-54-58(62)59-56(55-60)57(61)53-51-49-47-45-43-41-39-37-35-33-31-26-24-22-20-18-16-14-12-10-8-6-4-2/h5,7,11,13,17,19,23,25,28-29,35,37,43,45,51,53,56-57,60-61H,3-4,6,8-10,12,14-16,18,20-22,24,26-27,30-34,36,38-42,44,46-50,52,54-55H2,1-2H3,(H,59,62)/b7-5-,13-11-,19-17-,25-23-,29-28-,37-35+,45-43+,53-51+. The van der Waals surface area contributed by atoms with Crippen molar-refractivity contribution in [1.29, 1.82) is 0 Å². The summed E-state index contributed by atoms with van der Waals surface area (Å²) >= 11 is 0. The number of carbonyl (C=O) groups is 1. The Morgan fingerprint density at radius 1 is 0.403 bits per heavy atom. The number of amides is 1. The van der Waals surface area contributed by atoms with Crippen LogP contribution >= 0.6 is 0 Å². The van der Waals surface area contributed by atoms with Gasteiger partial charge in [-0.15, -0.1) is 0 Å². The van der Waals surface area contributed by atoms with Crippen LogP contribution in [0.5, 0.6) is 0 Å². The Morgan fingerprint density at radius 2 is 0.726 bits per heavy atom. The maximum absolute atomic E-state index is 12.5. The number of hydrogen-bond donors (Lipinski definition) is 3. The minimum atomic E-state index is -0.878. The first-order valence-electron chi connectivity index (χ1n) is 26.5. The number of unbranched alkanes of at least 4 members (excludes halogenated alkanes) is 26. The van der Waals surface area contributed by atoms with Crippen LogP contribution in [0.1, 0.15) is 245 Å². The Labute approximate surface area is 385 Å². The lowest BCUT2D eigenvalue weighted by Crippen LogP contribution is -2.45. The summed E-state index contributed by atoms with van der Waals surface area (Å²) in [5.74, 6) is -0.0841. The molecule has 4 nitrogen and oxygen atoms in total. The molecule has 0 saturated carbocycles. The summed E-state index contributed by atoms with van der Waals surface area (Å²) in [6, 6.07) is -0.654. The van der Waals surface area contributed by atoms with Crippen molar-refractivity contribution in [2.45, 2.75) is 257 Å². The van der Waals surface area contributed by atoms with E-state index in [0.717, 1.165) is 70.6 Å². The van der Waals surface area contributed by atoms with Gasteiger partial charge in [-0.05, 0) is 89.9 Å². The smallest absolute Gasteiger partial charge is 0.220 e. The number of aliphatic hydroxyl groups excluding tert-OH is 2.